The van der Waals surface area contributed by atoms with E-state index >= 15 is 0 Å². The number of carboxylic acids is 1. The number of ether oxygens (including phenoxy) is 1. The molecule has 0 bridgehead atoms. The monoisotopic (exact) mass is 315 g/mol. The van der Waals surface area contributed by atoms with Gasteiger partial charge in [-0.3, -0.25) is 10.1 Å². The highest BCUT2D eigenvalue weighted by Gasteiger charge is 2.42. The number of aromatic carboxylic acids is 1. The predicted molar refractivity (Wildman–Crippen MR) is 56.5 cm³/mol. The van der Waals surface area contributed by atoms with Crippen LogP contribution in [0.2, 0.25) is 0 Å². The largest absolute Gasteiger partial charge is 0.480 e. The fourth-order valence-corrected chi connectivity index (χ4v) is 1.20. The van der Waals surface area contributed by atoms with E-state index in [-0.39, 0.29) is 12.1 Å². The Balaban J connectivity index is 3.15. The summed E-state index contributed by atoms with van der Waals surface area (Å²) in [6, 6.07) is 0.413. The van der Waals surface area contributed by atoms with E-state index in [0.717, 1.165) is 0 Å². The Hall–Kier alpha value is -2.46. The number of hydrogen-bond donors (Lipinski definition) is 1. The van der Waals surface area contributed by atoms with Crippen molar-refractivity contribution in [3.8, 4) is 5.75 Å². The highest BCUT2D eigenvalue weighted by atomic mass is 19.3. The summed E-state index contributed by atoms with van der Waals surface area (Å²) in [5.41, 5.74) is -2.23. The summed E-state index contributed by atoms with van der Waals surface area (Å²) >= 11 is 0. The summed E-state index contributed by atoms with van der Waals surface area (Å²) in [4.78, 5) is 20.0. The quantitative estimate of drug-likeness (QED) is 0.495. The van der Waals surface area contributed by atoms with Gasteiger partial charge in [-0.15, -0.1) is 0 Å². The van der Waals surface area contributed by atoms with Crippen LogP contribution < -0.4 is 4.74 Å². The fraction of sp³-hybridized carbons (Fsp3) is 0.300. The lowest BCUT2D eigenvalue weighted by molar-refractivity contribution is -0.386. The number of alkyl halides is 4. The number of halogens is 5. The van der Waals surface area contributed by atoms with Crippen LogP contribution in [0.5, 0.6) is 5.75 Å². The average Bonchev–Trinajstić information content (AvgIpc) is 2.35. The molecular weight excluding hydrogens is 309 g/mol. The van der Waals surface area contributed by atoms with Crippen molar-refractivity contribution in [2.24, 2.45) is 0 Å². The molecule has 0 amide bonds. The molecule has 0 aromatic heterocycles. The number of nitro benzene ring substituents is 1. The van der Waals surface area contributed by atoms with Crippen LogP contribution in [0.3, 0.4) is 0 Å². The Morgan fingerprint density at radius 3 is 2.43 bits per heavy atom. The summed E-state index contributed by atoms with van der Waals surface area (Å²) in [6.07, 6.45) is -4.08. The molecule has 0 spiro atoms. The number of carbonyl (C=O) groups is 1. The molecule has 11 heteroatoms. The first-order valence-electron chi connectivity index (χ1n) is 5.06. The molecule has 0 fully saturated rings. The first-order chi connectivity index (χ1) is 9.56. The van der Waals surface area contributed by atoms with Crippen molar-refractivity contribution < 1.29 is 41.5 Å². The lowest BCUT2D eigenvalue weighted by Gasteiger charge is -2.16. The molecule has 1 N–H and O–H groups in total. The van der Waals surface area contributed by atoms with Gasteiger partial charge in [0, 0.05) is 12.1 Å². The van der Waals surface area contributed by atoms with Gasteiger partial charge in [-0.2, -0.15) is 8.78 Å². The Bertz CT molecular complexity index is 577. The molecule has 1 rings (SSSR count). The third kappa shape index (κ3) is 3.77. The molecule has 1 aromatic carbocycles. The molecular formula is C10H6F5NO5. The van der Waals surface area contributed by atoms with Crippen molar-refractivity contribution in [3.05, 3.63) is 33.6 Å². The Morgan fingerprint density at radius 1 is 1.43 bits per heavy atom. The van der Waals surface area contributed by atoms with E-state index in [4.69, 9.17) is 5.11 Å². The maximum absolute atomic E-state index is 13.3. The third-order valence-electron chi connectivity index (χ3n) is 2.22. The van der Waals surface area contributed by atoms with Crippen molar-refractivity contribution in [3.63, 3.8) is 0 Å². The van der Waals surface area contributed by atoms with Gasteiger partial charge >= 0.3 is 24.0 Å². The van der Waals surface area contributed by atoms with E-state index in [9.17, 15) is 36.9 Å². The van der Waals surface area contributed by atoms with Crippen molar-refractivity contribution in [2.75, 3.05) is 6.61 Å². The van der Waals surface area contributed by atoms with Crippen molar-refractivity contribution in [2.45, 2.75) is 12.3 Å². The molecule has 0 saturated heterocycles. The highest BCUT2D eigenvalue weighted by Crippen LogP contribution is 2.32. The Kier molecular flexibility index (Phi) is 4.66. The molecule has 21 heavy (non-hydrogen) atoms. The zero-order valence-electron chi connectivity index (χ0n) is 9.86. The summed E-state index contributed by atoms with van der Waals surface area (Å²) in [6.45, 7) is -1.93. The minimum Gasteiger partial charge on any atom is -0.480 e. The van der Waals surface area contributed by atoms with Crippen LogP contribution in [0.4, 0.5) is 27.6 Å². The minimum atomic E-state index is -4.60. The van der Waals surface area contributed by atoms with Gasteiger partial charge in [0.05, 0.1) is 4.92 Å². The molecule has 0 aliphatic carbocycles. The van der Waals surface area contributed by atoms with Crippen LogP contribution in [0, 0.1) is 15.9 Å². The average molecular weight is 315 g/mol. The second-order valence-electron chi connectivity index (χ2n) is 3.71. The van der Waals surface area contributed by atoms with Gasteiger partial charge < -0.3 is 9.84 Å². The van der Waals surface area contributed by atoms with Gasteiger partial charge in [0.15, 0.2) is 12.4 Å². The second-order valence-corrected chi connectivity index (χ2v) is 3.71. The molecule has 0 aliphatic heterocycles. The minimum absolute atomic E-state index is 0.170. The standard InChI is InChI=1S/C10H6F5NO5/c11-5-2-7(21-3-10(14,15)9(12)13)6(16(19)20)1-4(5)8(17)18/h1-2,9H,3H2,(H,17,18). The molecule has 0 atom stereocenters. The summed E-state index contributed by atoms with van der Waals surface area (Å²) in [5.74, 6) is -9.01. The van der Waals surface area contributed by atoms with Gasteiger partial charge in [0.2, 0.25) is 0 Å². The van der Waals surface area contributed by atoms with Gasteiger partial charge in [-0.05, 0) is 0 Å². The van der Waals surface area contributed by atoms with Crippen LogP contribution in [-0.4, -0.2) is 35.0 Å². The maximum atomic E-state index is 13.3. The molecule has 6 nitrogen and oxygen atoms in total. The zero-order chi connectivity index (χ0) is 16.4. The summed E-state index contributed by atoms with van der Waals surface area (Å²) in [5, 5.41) is 19.2. The van der Waals surface area contributed by atoms with Crippen LogP contribution in [0.1, 0.15) is 10.4 Å². The van der Waals surface area contributed by atoms with E-state index in [1.165, 1.54) is 0 Å². The van der Waals surface area contributed by atoms with Crippen LogP contribution in [-0.2, 0) is 0 Å². The predicted octanol–water partition coefficient (Wildman–Crippen LogP) is 2.71. The number of carboxylic acid groups (broad SMARTS) is 1. The molecule has 0 unspecified atom stereocenters. The maximum Gasteiger partial charge on any atom is 0.340 e. The van der Waals surface area contributed by atoms with Gasteiger partial charge in [-0.25, -0.2) is 18.0 Å². The SMILES string of the molecule is O=C(O)c1cc([N+](=O)[O-])c(OCC(F)(F)C(F)F)cc1F. The van der Waals surface area contributed by atoms with Gasteiger partial charge in [0.25, 0.3) is 0 Å². The van der Waals surface area contributed by atoms with E-state index in [2.05, 4.69) is 4.74 Å². The Labute approximate surface area is 112 Å². The Morgan fingerprint density at radius 2 is 2.00 bits per heavy atom. The van der Waals surface area contributed by atoms with Crippen molar-refractivity contribution in [1.82, 2.24) is 0 Å². The van der Waals surface area contributed by atoms with E-state index in [1.807, 2.05) is 0 Å². The van der Waals surface area contributed by atoms with E-state index < -0.39 is 52.7 Å². The summed E-state index contributed by atoms with van der Waals surface area (Å²) in [7, 11) is 0. The molecule has 0 radical (unpaired) electrons. The molecule has 1 aromatic rings. The van der Waals surface area contributed by atoms with Gasteiger partial charge in [0.1, 0.15) is 11.4 Å². The first-order valence-corrected chi connectivity index (χ1v) is 5.06. The number of nitro groups is 1. The third-order valence-corrected chi connectivity index (χ3v) is 2.22. The fourth-order valence-electron chi connectivity index (χ4n) is 1.20. The lowest BCUT2D eigenvalue weighted by Crippen LogP contribution is -2.33. The highest BCUT2D eigenvalue weighted by molar-refractivity contribution is 5.89. The van der Waals surface area contributed by atoms with Crippen LogP contribution in [0.25, 0.3) is 0 Å². The normalized spacial score (nSPS) is 11.5. The second kappa shape index (κ2) is 5.89. The van der Waals surface area contributed by atoms with Crippen LogP contribution in [0.15, 0.2) is 12.1 Å². The summed E-state index contributed by atoms with van der Waals surface area (Å²) < 4.78 is 66.5. The van der Waals surface area contributed by atoms with Gasteiger partial charge in [-0.1, -0.05) is 0 Å². The topological polar surface area (TPSA) is 89.7 Å². The molecule has 0 saturated carbocycles. The number of rotatable bonds is 6. The van der Waals surface area contributed by atoms with E-state index in [1.54, 1.807) is 0 Å². The molecule has 0 heterocycles. The molecule has 0 aliphatic rings. The van der Waals surface area contributed by atoms with Crippen molar-refractivity contribution >= 4 is 11.7 Å². The lowest BCUT2D eigenvalue weighted by atomic mass is 10.1. The number of benzene rings is 1. The number of hydrogen-bond acceptors (Lipinski definition) is 4. The van der Waals surface area contributed by atoms with Crippen molar-refractivity contribution in [1.29, 1.82) is 0 Å². The number of nitrogens with zero attached hydrogens (tertiary/aromatic N) is 1. The van der Waals surface area contributed by atoms with Crippen LogP contribution >= 0.6 is 0 Å². The first kappa shape index (κ1) is 16.6. The van der Waals surface area contributed by atoms with E-state index in [0.29, 0.717) is 0 Å². The molecule has 116 valence electrons. The smallest absolute Gasteiger partial charge is 0.340 e. The zero-order valence-corrected chi connectivity index (χ0v) is 9.86.